The standard InChI is InChI=1S/C12H6ClF3N2O3/c13-10-5-4-9(18(19)20)11(17-10)7-2-1-3-8(6-7)21-12(14,15)16/h1-6H. The monoisotopic (exact) mass is 318 g/mol. The molecular weight excluding hydrogens is 313 g/mol. The van der Waals surface area contributed by atoms with Gasteiger partial charge in [0.25, 0.3) is 5.69 Å². The van der Waals surface area contributed by atoms with Gasteiger partial charge in [-0.25, -0.2) is 4.98 Å². The molecule has 0 saturated heterocycles. The molecule has 21 heavy (non-hydrogen) atoms. The van der Waals surface area contributed by atoms with Crippen molar-refractivity contribution in [1.29, 1.82) is 0 Å². The van der Waals surface area contributed by atoms with Gasteiger partial charge < -0.3 is 4.74 Å². The Kier molecular flexibility index (Phi) is 3.99. The van der Waals surface area contributed by atoms with E-state index in [9.17, 15) is 23.3 Å². The van der Waals surface area contributed by atoms with Crippen LogP contribution >= 0.6 is 11.6 Å². The largest absolute Gasteiger partial charge is 0.573 e. The van der Waals surface area contributed by atoms with E-state index in [4.69, 9.17) is 11.6 Å². The van der Waals surface area contributed by atoms with E-state index >= 15 is 0 Å². The second-order valence-corrected chi connectivity index (χ2v) is 4.22. The molecule has 0 aliphatic heterocycles. The highest BCUT2D eigenvalue weighted by Gasteiger charge is 2.31. The summed E-state index contributed by atoms with van der Waals surface area (Å²) < 4.78 is 40.3. The minimum Gasteiger partial charge on any atom is -0.406 e. The zero-order valence-corrected chi connectivity index (χ0v) is 10.9. The van der Waals surface area contributed by atoms with Gasteiger partial charge in [-0.3, -0.25) is 10.1 Å². The first-order chi connectivity index (χ1) is 9.76. The predicted molar refractivity (Wildman–Crippen MR) is 68.0 cm³/mol. The van der Waals surface area contributed by atoms with E-state index in [0.29, 0.717) is 0 Å². The molecule has 0 aliphatic rings. The Morgan fingerprint density at radius 1 is 1.24 bits per heavy atom. The van der Waals surface area contributed by atoms with Crippen LogP contribution < -0.4 is 4.74 Å². The smallest absolute Gasteiger partial charge is 0.406 e. The number of halogens is 4. The number of nitro groups is 1. The number of rotatable bonds is 3. The Hall–Kier alpha value is -2.35. The van der Waals surface area contributed by atoms with Crippen LogP contribution in [0.5, 0.6) is 5.75 Å². The van der Waals surface area contributed by atoms with E-state index in [-0.39, 0.29) is 22.1 Å². The highest BCUT2D eigenvalue weighted by molar-refractivity contribution is 6.29. The van der Waals surface area contributed by atoms with Crippen LogP contribution in [0.4, 0.5) is 18.9 Å². The molecule has 0 atom stereocenters. The topological polar surface area (TPSA) is 65.3 Å². The first kappa shape index (κ1) is 15.0. The second kappa shape index (κ2) is 5.57. The lowest BCUT2D eigenvalue weighted by molar-refractivity contribution is -0.384. The van der Waals surface area contributed by atoms with E-state index in [2.05, 4.69) is 9.72 Å². The van der Waals surface area contributed by atoms with Gasteiger partial charge >= 0.3 is 6.36 Å². The highest BCUT2D eigenvalue weighted by Crippen LogP contribution is 2.32. The van der Waals surface area contributed by atoms with Crippen molar-refractivity contribution < 1.29 is 22.8 Å². The van der Waals surface area contributed by atoms with Crippen molar-refractivity contribution in [3.05, 3.63) is 51.7 Å². The van der Waals surface area contributed by atoms with Crippen LogP contribution in [-0.4, -0.2) is 16.3 Å². The molecular formula is C12H6ClF3N2O3. The second-order valence-electron chi connectivity index (χ2n) is 3.83. The lowest BCUT2D eigenvalue weighted by Crippen LogP contribution is -2.17. The van der Waals surface area contributed by atoms with Crippen LogP contribution in [0.25, 0.3) is 11.3 Å². The number of ether oxygens (including phenoxy) is 1. The number of alkyl halides is 3. The van der Waals surface area contributed by atoms with Gasteiger partial charge in [-0.15, -0.1) is 13.2 Å². The third kappa shape index (κ3) is 3.82. The number of nitrogens with zero attached hydrogens (tertiary/aromatic N) is 2. The summed E-state index contributed by atoms with van der Waals surface area (Å²) in [5.41, 5.74) is -0.422. The maximum Gasteiger partial charge on any atom is 0.573 e. The number of aromatic nitrogens is 1. The van der Waals surface area contributed by atoms with E-state index in [1.165, 1.54) is 18.2 Å². The van der Waals surface area contributed by atoms with Crippen LogP contribution in [0.15, 0.2) is 36.4 Å². The average Bonchev–Trinajstić information content (AvgIpc) is 2.36. The van der Waals surface area contributed by atoms with Gasteiger partial charge in [0.1, 0.15) is 16.6 Å². The lowest BCUT2D eigenvalue weighted by atomic mass is 10.1. The zero-order chi connectivity index (χ0) is 15.6. The summed E-state index contributed by atoms with van der Waals surface area (Å²) in [7, 11) is 0. The van der Waals surface area contributed by atoms with Gasteiger partial charge in [0.2, 0.25) is 0 Å². The molecule has 9 heteroatoms. The molecule has 0 N–H and O–H groups in total. The van der Waals surface area contributed by atoms with Crippen molar-refractivity contribution in [3.8, 4) is 17.0 Å². The van der Waals surface area contributed by atoms with Gasteiger partial charge in [-0.2, -0.15) is 0 Å². The van der Waals surface area contributed by atoms with Gasteiger partial charge in [-0.1, -0.05) is 23.7 Å². The van der Waals surface area contributed by atoms with Crippen LogP contribution in [0.1, 0.15) is 0 Å². The quantitative estimate of drug-likeness (QED) is 0.483. The number of pyridine rings is 1. The molecule has 1 aromatic heterocycles. The molecule has 0 aliphatic carbocycles. The maximum atomic E-state index is 12.2. The van der Waals surface area contributed by atoms with Crippen LogP contribution in [0, 0.1) is 10.1 Å². The summed E-state index contributed by atoms with van der Waals surface area (Å²) >= 11 is 5.67. The van der Waals surface area contributed by atoms with E-state index in [1.807, 2.05) is 0 Å². The summed E-state index contributed by atoms with van der Waals surface area (Å²) in [4.78, 5) is 14.0. The zero-order valence-electron chi connectivity index (χ0n) is 10.1. The van der Waals surface area contributed by atoms with Crippen molar-refractivity contribution in [1.82, 2.24) is 4.98 Å². The Bertz CT molecular complexity index is 692. The summed E-state index contributed by atoms with van der Waals surface area (Å²) in [6.07, 6.45) is -4.85. The average molecular weight is 319 g/mol. The molecule has 2 rings (SSSR count). The fraction of sp³-hybridized carbons (Fsp3) is 0.0833. The fourth-order valence-electron chi connectivity index (χ4n) is 1.63. The highest BCUT2D eigenvalue weighted by atomic mass is 35.5. The molecule has 110 valence electrons. The van der Waals surface area contributed by atoms with Crippen molar-refractivity contribution in [2.45, 2.75) is 6.36 Å². The molecule has 0 saturated carbocycles. The summed E-state index contributed by atoms with van der Waals surface area (Å²) in [6, 6.07) is 7.06. The molecule has 0 amide bonds. The Labute approximate surface area is 121 Å². The SMILES string of the molecule is O=[N+]([O-])c1ccc(Cl)nc1-c1cccc(OC(F)(F)F)c1. The minimum atomic E-state index is -4.85. The fourth-order valence-corrected chi connectivity index (χ4v) is 1.78. The normalized spacial score (nSPS) is 11.2. The Balaban J connectivity index is 2.50. The number of hydrogen-bond donors (Lipinski definition) is 0. The van der Waals surface area contributed by atoms with Gasteiger partial charge in [0.15, 0.2) is 0 Å². The molecule has 0 spiro atoms. The molecule has 0 unspecified atom stereocenters. The molecule has 2 aromatic rings. The first-order valence-electron chi connectivity index (χ1n) is 5.43. The van der Waals surface area contributed by atoms with E-state index in [1.54, 1.807) is 0 Å². The van der Waals surface area contributed by atoms with Crippen molar-refractivity contribution >= 4 is 17.3 Å². The Morgan fingerprint density at radius 2 is 1.95 bits per heavy atom. The summed E-state index contributed by atoms with van der Waals surface area (Å²) in [6.45, 7) is 0. The number of benzene rings is 1. The predicted octanol–water partition coefficient (Wildman–Crippen LogP) is 4.21. The molecule has 1 aromatic carbocycles. The minimum absolute atomic E-state index is 0.0160. The third-order valence-electron chi connectivity index (χ3n) is 2.38. The Morgan fingerprint density at radius 3 is 2.57 bits per heavy atom. The van der Waals surface area contributed by atoms with Crippen molar-refractivity contribution in [2.75, 3.05) is 0 Å². The summed E-state index contributed by atoms with van der Waals surface area (Å²) in [5, 5.41) is 10.9. The first-order valence-corrected chi connectivity index (χ1v) is 5.81. The van der Waals surface area contributed by atoms with Crippen LogP contribution in [0.2, 0.25) is 5.15 Å². The molecule has 1 heterocycles. The van der Waals surface area contributed by atoms with Gasteiger partial charge in [-0.05, 0) is 18.2 Å². The maximum absolute atomic E-state index is 12.2. The van der Waals surface area contributed by atoms with Crippen LogP contribution in [0.3, 0.4) is 0 Å². The van der Waals surface area contributed by atoms with Crippen molar-refractivity contribution in [3.63, 3.8) is 0 Å². The molecule has 5 nitrogen and oxygen atoms in total. The van der Waals surface area contributed by atoms with Crippen molar-refractivity contribution in [2.24, 2.45) is 0 Å². The van der Waals surface area contributed by atoms with E-state index < -0.39 is 17.0 Å². The molecule has 0 radical (unpaired) electrons. The van der Waals surface area contributed by atoms with Crippen LogP contribution in [-0.2, 0) is 0 Å². The molecule has 0 bridgehead atoms. The van der Waals surface area contributed by atoms with E-state index in [0.717, 1.165) is 18.2 Å². The third-order valence-corrected chi connectivity index (χ3v) is 2.59. The van der Waals surface area contributed by atoms with Gasteiger partial charge in [0, 0.05) is 11.6 Å². The molecule has 0 fully saturated rings. The van der Waals surface area contributed by atoms with Gasteiger partial charge in [0.05, 0.1) is 4.92 Å². The number of hydrogen-bond acceptors (Lipinski definition) is 4. The lowest BCUT2D eigenvalue weighted by Gasteiger charge is -2.10. The summed E-state index contributed by atoms with van der Waals surface area (Å²) in [5.74, 6) is -0.504.